The van der Waals surface area contributed by atoms with Gasteiger partial charge >= 0.3 is 17.1 Å². The first-order chi connectivity index (χ1) is 18.4. The summed E-state index contributed by atoms with van der Waals surface area (Å²) < 4.78 is 0.927. The van der Waals surface area contributed by atoms with E-state index in [4.69, 9.17) is 4.99 Å². The maximum Gasteiger partial charge on any atom is 2.00 e. The van der Waals surface area contributed by atoms with Crippen LogP contribution in [-0.2, 0) is 23.6 Å². The third-order valence-electron chi connectivity index (χ3n) is 6.18. The van der Waals surface area contributed by atoms with E-state index in [1.54, 1.807) is 0 Å². The molecule has 2 fully saturated rings. The first-order valence-corrected chi connectivity index (χ1v) is 14.5. The van der Waals surface area contributed by atoms with Crippen LogP contribution in [0.3, 0.4) is 0 Å². The van der Waals surface area contributed by atoms with E-state index in [1.165, 1.54) is 27.7 Å². The SMILES string of the molecule is C[C@@H](N=Cc1ccc(C[N+](C)(C)C)cc1)[C]1[CH][CH][CH][C]1P(c1ccccc1)c1ccccc1.[CH]1[CH][CH][CH][CH]1.[Fe+2].[I-]. The molecular formula is C35H38FeIN2P+2. The van der Waals surface area contributed by atoms with Gasteiger partial charge in [0.1, 0.15) is 6.54 Å². The number of halogens is 1. The van der Waals surface area contributed by atoms with Gasteiger partial charge in [0.15, 0.2) is 0 Å². The molecule has 0 heterocycles. The van der Waals surface area contributed by atoms with E-state index in [-0.39, 0.29) is 47.1 Å². The van der Waals surface area contributed by atoms with Gasteiger partial charge < -0.3 is 28.5 Å². The van der Waals surface area contributed by atoms with Crippen molar-refractivity contribution in [1.82, 2.24) is 0 Å². The van der Waals surface area contributed by atoms with E-state index in [0.29, 0.717) is 0 Å². The zero-order valence-corrected chi connectivity index (χ0v) is 27.8. The van der Waals surface area contributed by atoms with E-state index >= 15 is 0 Å². The molecule has 0 spiro atoms. The minimum absolute atomic E-state index is 0. The predicted molar refractivity (Wildman–Crippen MR) is 165 cm³/mol. The van der Waals surface area contributed by atoms with Gasteiger partial charge in [0.2, 0.25) is 0 Å². The Morgan fingerprint density at radius 3 is 1.68 bits per heavy atom. The summed E-state index contributed by atoms with van der Waals surface area (Å²) in [5.41, 5.74) is 3.89. The molecule has 5 heteroatoms. The van der Waals surface area contributed by atoms with Crippen LogP contribution in [0.1, 0.15) is 18.1 Å². The first-order valence-electron chi connectivity index (χ1n) is 13.2. The third-order valence-corrected chi connectivity index (χ3v) is 8.70. The molecule has 0 amide bonds. The van der Waals surface area contributed by atoms with Crippen LogP contribution in [0.15, 0.2) is 89.9 Å². The fourth-order valence-electron chi connectivity index (χ4n) is 4.42. The van der Waals surface area contributed by atoms with Gasteiger partial charge in [0.25, 0.3) is 0 Å². The molecule has 0 aliphatic heterocycles. The molecule has 2 nitrogen and oxygen atoms in total. The Morgan fingerprint density at radius 1 is 0.700 bits per heavy atom. The Bertz CT molecular complexity index is 1060. The van der Waals surface area contributed by atoms with Gasteiger partial charge in [-0.25, -0.2) is 0 Å². The minimum atomic E-state index is -0.621. The van der Waals surface area contributed by atoms with Crippen LogP contribution < -0.4 is 34.6 Å². The fourth-order valence-corrected chi connectivity index (χ4v) is 6.97. The maximum absolute atomic E-state index is 4.95. The summed E-state index contributed by atoms with van der Waals surface area (Å²) in [6.45, 7) is 3.22. The van der Waals surface area contributed by atoms with E-state index in [0.717, 1.165) is 16.6 Å². The van der Waals surface area contributed by atoms with E-state index in [2.05, 4.69) is 132 Å². The average Bonchev–Trinajstić information content (AvgIpc) is 3.65. The molecule has 1 atom stereocenters. The zero-order chi connectivity index (χ0) is 26.8. The monoisotopic (exact) mass is 700 g/mol. The van der Waals surface area contributed by atoms with Crippen molar-refractivity contribution in [3.05, 3.63) is 159 Å². The smallest absolute Gasteiger partial charge is 1.00 e. The van der Waals surface area contributed by atoms with Crippen molar-refractivity contribution >= 4 is 24.7 Å². The van der Waals surface area contributed by atoms with Gasteiger partial charge in [-0.15, -0.1) is 0 Å². The van der Waals surface area contributed by atoms with Crippen LogP contribution in [0.2, 0.25) is 0 Å². The molecule has 10 radical (unpaired) electrons. The Labute approximate surface area is 273 Å². The van der Waals surface area contributed by atoms with Gasteiger partial charge in [-0.2, -0.15) is 0 Å². The second-order valence-corrected chi connectivity index (χ2v) is 12.7. The van der Waals surface area contributed by atoms with Crippen LogP contribution in [0.5, 0.6) is 0 Å². The second kappa shape index (κ2) is 17.8. The number of benzene rings is 3. The molecule has 0 saturated heterocycles. The number of quaternary nitrogens is 1. The Morgan fingerprint density at radius 2 is 1.20 bits per heavy atom. The third kappa shape index (κ3) is 11.0. The van der Waals surface area contributed by atoms with Crippen molar-refractivity contribution in [1.29, 1.82) is 0 Å². The van der Waals surface area contributed by atoms with Gasteiger partial charge in [-0.05, 0) is 82.4 Å². The second-order valence-electron chi connectivity index (χ2n) is 10.5. The quantitative estimate of drug-likeness (QED) is 0.112. The molecule has 2 aliphatic carbocycles. The Kier molecular flexibility index (Phi) is 15.7. The van der Waals surface area contributed by atoms with Crippen LogP contribution in [0.25, 0.3) is 0 Å². The summed E-state index contributed by atoms with van der Waals surface area (Å²) in [7, 11) is 6.03. The molecule has 3 aromatic rings. The minimum Gasteiger partial charge on any atom is -1.00 e. The van der Waals surface area contributed by atoms with Crippen molar-refractivity contribution in [2.45, 2.75) is 19.5 Å². The van der Waals surface area contributed by atoms with Gasteiger partial charge in [0.05, 0.1) is 27.2 Å². The molecule has 0 bridgehead atoms. The Balaban J connectivity index is 0.000000722. The van der Waals surface area contributed by atoms with E-state index in [9.17, 15) is 0 Å². The maximum atomic E-state index is 4.95. The summed E-state index contributed by atoms with van der Waals surface area (Å²) in [4.78, 5) is 4.95. The summed E-state index contributed by atoms with van der Waals surface area (Å²) >= 11 is 0. The standard InChI is InChI=1S/C30H33N2P.C5H5.Fe.HI/c1-24(31-22-25-18-20-26(21-19-25)23-32(2,3)4)29-16-11-17-30(29)33(27-12-7-5-8-13-27)28-14-9-6-10-15-28;1-2-4-5-3-1;;/h5-22,24H,23H2,1-4H3;1-5H;;1H/q+1;;+2;/p-1/t24-;;;/m1.../s1. The van der Waals surface area contributed by atoms with Crippen molar-refractivity contribution in [3.63, 3.8) is 0 Å². The Hall–Kier alpha value is -1.03. The van der Waals surface area contributed by atoms with Crippen molar-refractivity contribution in [2.75, 3.05) is 21.1 Å². The zero-order valence-electron chi connectivity index (χ0n) is 23.6. The summed E-state index contributed by atoms with van der Waals surface area (Å²) in [6, 6.07) is 30.6. The van der Waals surface area contributed by atoms with Crippen LogP contribution >= 0.6 is 7.92 Å². The molecule has 2 aliphatic rings. The van der Waals surface area contributed by atoms with Crippen molar-refractivity contribution < 1.29 is 45.5 Å². The molecule has 0 unspecified atom stereocenters. The normalized spacial score (nSPS) is 16.7. The molecule has 0 N–H and O–H groups in total. The topological polar surface area (TPSA) is 12.4 Å². The van der Waals surface area contributed by atoms with Crippen molar-refractivity contribution in [2.24, 2.45) is 4.99 Å². The first kappa shape index (κ1) is 35.2. The van der Waals surface area contributed by atoms with Gasteiger partial charge in [0, 0.05) is 23.4 Å². The van der Waals surface area contributed by atoms with Gasteiger partial charge in [-0.3, -0.25) is 4.99 Å². The molecule has 3 aromatic carbocycles. The predicted octanol–water partition coefficient (Wildman–Crippen LogP) is 3.59. The number of nitrogens with zero attached hydrogens (tertiary/aromatic N) is 2. The molecule has 0 aromatic heterocycles. The van der Waals surface area contributed by atoms with E-state index in [1.807, 2.05) is 38.3 Å². The summed E-state index contributed by atoms with van der Waals surface area (Å²) in [5, 5.41) is 2.74. The van der Waals surface area contributed by atoms with E-state index < -0.39 is 7.92 Å². The molecule has 2 saturated carbocycles. The van der Waals surface area contributed by atoms with Gasteiger partial charge in [-0.1, -0.05) is 84.9 Å². The van der Waals surface area contributed by atoms with Crippen LogP contribution in [-0.4, -0.2) is 37.9 Å². The molecule has 206 valence electrons. The summed E-state index contributed by atoms with van der Waals surface area (Å²) in [6.07, 6.45) is 18.7. The fraction of sp³-hybridized carbons (Fsp3) is 0.171. The van der Waals surface area contributed by atoms with Crippen LogP contribution in [0.4, 0.5) is 0 Å². The molecular weight excluding hydrogens is 662 g/mol. The number of rotatable bonds is 8. The molecule has 40 heavy (non-hydrogen) atoms. The number of hydrogen-bond acceptors (Lipinski definition) is 1. The summed E-state index contributed by atoms with van der Waals surface area (Å²) in [5.74, 6) is 1.31. The number of hydrogen-bond donors (Lipinski definition) is 0. The van der Waals surface area contributed by atoms with Crippen molar-refractivity contribution in [3.8, 4) is 0 Å². The average molecular weight is 700 g/mol. The largest absolute Gasteiger partial charge is 2.00 e. The molecule has 5 rings (SSSR count). The van der Waals surface area contributed by atoms with Crippen LogP contribution in [0, 0.1) is 62.9 Å². The number of aliphatic imine (C=N–C) groups is 1.